The maximum absolute atomic E-state index is 11.7. The zero-order chi connectivity index (χ0) is 18.4. The number of alkyl halides is 1. The smallest absolute Gasteiger partial charge is 0.350 e. The van der Waals surface area contributed by atoms with Gasteiger partial charge in [-0.25, -0.2) is 4.79 Å². The summed E-state index contributed by atoms with van der Waals surface area (Å²) in [4.78, 5) is 14.2. The quantitative estimate of drug-likeness (QED) is 0.198. The summed E-state index contributed by atoms with van der Waals surface area (Å²) in [5.41, 5.74) is 1.10. The first-order chi connectivity index (χ1) is 12.0. The van der Waals surface area contributed by atoms with Crippen LogP contribution in [0.15, 0.2) is 31.9 Å². The average Bonchev–Trinajstić information content (AvgIpc) is 2.59. The molecule has 4 nitrogen and oxygen atoms in total. The minimum Gasteiger partial charge on any atom is -0.493 e. The van der Waals surface area contributed by atoms with Gasteiger partial charge in [-0.05, 0) is 67.4 Å². The molecule has 1 heterocycles. The Balaban J connectivity index is 1.98. The second-order valence-corrected chi connectivity index (χ2v) is 8.08. The van der Waals surface area contributed by atoms with Gasteiger partial charge < -0.3 is 14.1 Å². The van der Waals surface area contributed by atoms with Crippen molar-refractivity contribution >= 4 is 49.5 Å². The SMILES string of the molecule is CCN(CCCOc1ccc2cc(Br)c(=O)oc2c1C)C(C)CCI. The van der Waals surface area contributed by atoms with Gasteiger partial charge in [-0.1, -0.05) is 29.5 Å². The molecule has 0 N–H and O–H groups in total. The first-order valence-electron chi connectivity index (χ1n) is 8.63. The lowest BCUT2D eigenvalue weighted by atomic mass is 10.1. The number of halogens is 2. The highest BCUT2D eigenvalue weighted by Crippen LogP contribution is 2.27. The van der Waals surface area contributed by atoms with Gasteiger partial charge in [0.25, 0.3) is 0 Å². The van der Waals surface area contributed by atoms with Gasteiger partial charge in [0.1, 0.15) is 15.8 Å². The van der Waals surface area contributed by atoms with Crippen LogP contribution in [-0.2, 0) is 0 Å². The van der Waals surface area contributed by atoms with Gasteiger partial charge in [-0.2, -0.15) is 0 Å². The summed E-state index contributed by atoms with van der Waals surface area (Å²) < 4.78 is 13.0. The maximum atomic E-state index is 11.7. The topological polar surface area (TPSA) is 42.7 Å². The van der Waals surface area contributed by atoms with Crippen LogP contribution in [0.25, 0.3) is 11.0 Å². The van der Waals surface area contributed by atoms with E-state index in [1.54, 1.807) is 6.07 Å². The fourth-order valence-corrected chi connectivity index (χ4v) is 4.15. The molecule has 1 unspecified atom stereocenters. The first-order valence-corrected chi connectivity index (χ1v) is 11.0. The van der Waals surface area contributed by atoms with E-state index in [4.69, 9.17) is 9.15 Å². The fraction of sp³-hybridized carbons (Fsp3) is 0.526. The van der Waals surface area contributed by atoms with Crippen molar-refractivity contribution in [3.63, 3.8) is 0 Å². The first kappa shape index (κ1) is 20.7. The molecule has 2 rings (SSSR count). The van der Waals surface area contributed by atoms with Crippen LogP contribution in [0.5, 0.6) is 5.75 Å². The van der Waals surface area contributed by atoms with Gasteiger partial charge in [0.2, 0.25) is 0 Å². The number of aryl methyl sites for hydroxylation is 1. The summed E-state index contributed by atoms with van der Waals surface area (Å²) in [6.07, 6.45) is 2.19. The van der Waals surface area contributed by atoms with E-state index >= 15 is 0 Å². The van der Waals surface area contributed by atoms with Gasteiger partial charge in [0.05, 0.1) is 6.61 Å². The number of benzene rings is 1. The molecule has 0 fully saturated rings. The molecule has 2 aromatic rings. The molecule has 0 saturated carbocycles. The Bertz CT molecular complexity index is 762. The summed E-state index contributed by atoms with van der Waals surface area (Å²) in [6, 6.07) is 6.26. The van der Waals surface area contributed by atoms with Crippen molar-refractivity contribution in [2.45, 2.75) is 39.7 Å². The van der Waals surface area contributed by atoms with E-state index < -0.39 is 0 Å². The molecule has 0 radical (unpaired) electrons. The standard InChI is InChI=1S/C19H25BrINO3/c1-4-22(13(2)8-9-21)10-5-11-24-17-7-6-15-12-16(20)19(23)25-18(15)14(17)3/h6-7,12-13H,4-5,8-11H2,1-3H3. The molecule has 0 aliphatic rings. The minimum atomic E-state index is -0.365. The van der Waals surface area contributed by atoms with E-state index in [0.29, 0.717) is 22.7 Å². The van der Waals surface area contributed by atoms with E-state index in [1.165, 1.54) is 10.8 Å². The minimum absolute atomic E-state index is 0.365. The molecule has 6 heteroatoms. The zero-order valence-corrected chi connectivity index (χ0v) is 18.7. The molecule has 0 aliphatic heterocycles. The van der Waals surface area contributed by atoms with Crippen molar-refractivity contribution in [2.75, 3.05) is 24.1 Å². The van der Waals surface area contributed by atoms with Crippen molar-refractivity contribution in [1.82, 2.24) is 4.90 Å². The number of ether oxygens (including phenoxy) is 1. The Kier molecular flexibility index (Phi) is 8.22. The number of hydrogen-bond donors (Lipinski definition) is 0. The predicted molar refractivity (Wildman–Crippen MR) is 115 cm³/mol. The molecule has 0 saturated heterocycles. The van der Waals surface area contributed by atoms with E-state index in [1.807, 2.05) is 19.1 Å². The molecule has 25 heavy (non-hydrogen) atoms. The van der Waals surface area contributed by atoms with Gasteiger partial charge in [0.15, 0.2) is 0 Å². The highest BCUT2D eigenvalue weighted by Gasteiger charge is 2.12. The Labute approximate surface area is 171 Å². The maximum Gasteiger partial charge on any atom is 0.350 e. The highest BCUT2D eigenvalue weighted by atomic mass is 127. The second kappa shape index (κ2) is 9.92. The molecule has 1 aromatic heterocycles. The van der Waals surface area contributed by atoms with Gasteiger partial charge in [-0.3, -0.25) is 0 Å². The second-order valence-electron chi connectivity index (χ2n) is 6.15. The van der Waals surface area contributed by atoms with Crippen LogP contribution in [0.2, 0.25) is 0 Å². The van der Waals surface area contributed by atoms with Crippen molar-refractivity contribution in [3.05, 3.63) is 38.7 Å². The predicted octanol–water partition coefficient (Wildman–Crippen LogP) is 5.17. The summed E-state index contributed by atoms with van der Waals surface area (Å²) in [5, 5.41) is 0.890. The summed E-state index contributed by atoms with van der Waals surface area (Å²) >= 11 is 5.65. The molecule has 0 spiro atoms. The molecular formula is C19H25BrINO3. The number of rotatable bonds is 9. The normalized spacial score (nSPS) is 12.7. The van der Waals surface area contributed by atoms with Crippen molar-refractivity contribution < 1.29 is 9.15 Å². The van der Waals surface area contributed by atoms with Crippen LogP contribution in [0, 0.1) is 6.92 Å². The fourth-order valence-electron chi connectivity index (χ4n) is 2.92. The Morgan fingerprint density at radius 1 is 1.40 bits per heavy atom. The van der Waals surface area contributed by atoms with Crippen LogP contribution in [0.4, 0.5) is 0 Å². The molecule has 0 amide bonds. The molecule has 0 aliphatic carbocycles. The number of hydrogen-bond acceptors (Lipinski definition) is 4. The summed E-state index contributed by atoms with van der Waals surface area (Å²) in [6.45, 7) is 9.17. The number of nitrogens with zero attached hydrogens (tertiary/aromatic N) is 1. The Morgan fingerprint density at radius 2 is 2.16 bits per heavy atom. The Hall–Kier alpha value is -0.600. The van der Waals surface area contributed by atoms with Crippen LogP contribution in [0.3, 0.4) is 0 Å². The average molecular weight is 522 g/mol. The zero-order valence-electron chi connectivity index (χ0n) is 15.0. The van der Waals surface area contributed by atoms with E-state index in [2.05, 4.69) is 57.3 Å². The monoisotopic (exact) mass is 521 g/mol. The molecule has 1 aromatic carbocycles. The number of fused-ring (bicyclic) bond motifs is 1. The third kappa shape index (κ3) is 5.44. The van der Waals surface area contributed by atoms with Crippen molar-refractivity contribution in [3.8, 4) is 5.75 Å². The van der Waals surface area contributed by atoms with E-state index in [0.717, 1.165) is 36.2 Å². The summed E-state index contributed by atoms with van der Waals surface area (Å²) in [7, 11) is 0. The van der Waals surface area contributed by atoms with Crippen LogP contribution < -0.4 is 10.4 Å². The van der Waals surface area contributed by atoms with Crippen molar-refractivity contribution in [2.24, 2.45) is 0 Å². The van der Waals surface area contributed by atoms with Crippen LogP contribution in [0.1, 0.15) is 32.3 Å². The molecule has 0 bridgehead atoms. The highest BCUT2D eigenvalue weighted by molar-refractivity contribution is 14.1. The van der Waals surface area contributed by atoms with Crippen LogP contribution >= 0.6 is 38.5 Å². The summed E-state index contributed by atoms with van der Waals surface area (Å²) in [5.74, 6) is 0.779. The van der Waals surface area contributed by atoms with Crippen molar-refractivity contribution in [1.29, 1.82) is 0 Å². The Morgan fingerprint density at radius 3 is 2.84 bits per heavy atom. The largest absolute Gasteiger partial charge is 0.493 e. The lowest BCUT2D eigenvalue weighted by molar-refractivity contribution is 0.194. The molecule has 138 valence electrons. The van der Waals surface area contributed by atoms with Crippen LogP contribution in [-0.4, -0.2) is 35.1 Å². The van der Waals surface area contributed by atoms with Gasteiger partial charge in [0, 0.05) is 28.0 Å². The van der Waals surface area contributed by atoms with E-state index in [9.17, 15) is 4.79 Å². The molecule has 1 atom stereocenters. The van der Waals surface area contributed by atoms with Gasteiger partial charge >= 0.3 is 5.63 Å². The lowest BCUT2D eigenvalue weighted by Crippen LogP contribution is -2.34. The molecular weight excluding hydrogens is 497 g/mol. The third-order valence-corrected chi connectivity index (χ3v) is 5.64. The third-order valence-electron chi connectivity index (χ3n) is 4.46. The van der Waals surface area contributed by atoms with E-state index in [-0.39, 0.29) is 5.63 Å². The van der Waals surface area contributed by atoms with Gasteiger partial charge in [-0.15, -0.1) is 0 Å². The lowest BCUT2D eigenvalue weighted by Gasteiger charge is -2.27.